The number of amides is 2. The summed E-state index contributed by atoms with van der Waals surface area (Å²) in [4.78, 5) is 11.6. The van der Waals surface area contributed by atoms with Gasteiger partial charge in [0, 0.05) is 16.2 Å². The maximum Gasteiger partial charge on any atom is 0.319 e. The maximum atomic E-state index is 11.6. The summed E-state index contributed by atoms with van der Waals surface area (Å²) < 4.78 is 1.01. The molecule has 3 nitrogen and oxygen atoms in total. The van der Waals surface area contributed by atoms with Crippen LogP contribution in [0.25, 0.3) is 0 Å². The highest BCUT2D eigenvalue weighted by atomic mass is 79.9. The minimum atomic E-state index is -0.153. The maximum absolute atomic E-state index is 11.6. The van der Waals surface area contributed by atoms with E-state index in [4.69, 9.17) is 0 Å². The summed E-state index contributed by atoms with van der Waals surface area (Å²) in [5.74, 6) is 0. The Kier molecular flexibility index (Phi) is 4.80. The van der Waals surface area contributed by atoms with E-state index in [1.54, 1.807) is 0 Å². The number of hydrogen-bond acceptors (Lipinski definition) is 1. The van der Waals surface area contributed by atoms with Crippen LogP contribution < -0.4 is 10.6 Å². The lowest BCUT2D eigenvalue weighted by atomic mass is 10.2. The van der Waals surface area contributed by atoms with Gasteiger partial charge in [0.2, 0.25) is 0 Å². The van der Waals surface area contributed by atoms with E-state index in [0.717, 1.165) is 22.1 Å². The lowest BCUT2D eigenvalue weighted by molar-refractivity contribution is 0.249. The Morgan fingerprint density at radius 2 is 2.19 bits per heavy atom. The number of carbonyl (C=O) groups is 1. The van der Waals surface area contributed by atoms with Crippen LogP contribution >= 0.6 is 15.9 Å². The van der Waals surface area contributed by atoms with Crippen LogP contribution in [0.2, 0.25) is 0 Å². The van der Waals surface area contributed by atoms with E-state index in [-0.39, 0.29) is 12.1 Å². The first-order valence-corrected chi connectivity index (χ1v) is 6.16. The molecule has 0 fully saturated rings. The van der Waals surface area contributed by atoms with Crippen LogP contribution in [0.15, 0.2) is 22.7 Å². The highest BCUT2D eigenvalue weighted by Crippen LogP contribution is 2.19. The third-order valence-corrected chi connectivity index (χ3v) is 2.92. The van der Waals surface area contributed by atoms with Crippen molar-refractivity contribution in [3.05, 3.63) is 28.2 Å². The number of aryl methyl sites for hydroxylation is 1. The van der Waals surface area contributed by atoms with Gasteiger partial charge in [-0.2, -0.15) is 0 Å². The van der Waals surface area contributed by atoms with E-state index in [9.17, 15) is 4.79 Å². The Labute approximate surface area is 105 Å². The van der Waals surface area contributed by atoms with E-state index in [2.05, 4.69) is 26.6 Å². The fourth-order valence-electron chi connectivity index (χ4n) is 1.25. The van der Waals surface area contributed by atoms with Crippen LogP contribution in [0.4, 0.5) is 10.5 Å². The second-order valence-electron chi connectivity index (χ2n) is 3.87. The fourth-order valence-corrected chi connectivity index (χ4v) is 1.73. The van der Waals surface area contributed by atoms with Gasteiger partial charge in [-0.15, -0.1) is 0 Å². The molecule has 88 valence electrons. The molecule has 0 unspecified atom stereocenters. The average molecular weight is 285 g/mol. The zero-order valence-corrected chi connectivity index (χ0v) is 11.4. The normalized spacial score (nSPS) is 12.0. The van der Waals surface area contributed by atoms with Gasteiger partial charge < -0.3 is 10.6 Å². The van der Waals surface area contributed by atoms with Crippen molar-refractivity contribution in [3.63, 3.8) is 0 Å². The van der Waals surface area contributed by atoms with Crippen LogP contribution in [0.5, 0.6) is 0 Å². The van der Waals surface area contributed by atoms with Gasteiger partial charge in [-0.3, -0.25) is 0 Å². The van der Waals surface area contributed by atoms with Crippen molar-refractivity contribution in [2.75, 3.05) is 5.32 Å². The smallest absolute Gasteiger partial charge is 0.319 e. The number of urea groups is 1. The Bertz CT molecular complexity index is 379. The molecular formula is C12H17BrN2O. The summed E-state index contributed by atoms with van der Waals surface area (Å²) in [6.07, 6.45) is 0.923. The molecule has 0 aliphatic heterocycles. The molecule has 4 heteroatoms. The third kappa shape index (κ3) is 3.85. The lowest BCUT2D eigenvalue weighted by Gasteiger charge is -2.13. The monoisotopic (exact) mass is 284 g/mol. The van der Waals surface area contributed by atoms with E-state index in [0.29, 0.717) is 0 Å². The van der Waals surface area contributed by atoms with E-state index >= 15 is 0 Å². The molecule has 0 saturated carbocycles. The lowest BCUT2D eigenvalue weighted by Crippen LogP contribution is -2.35. The van der Waals surface area contributed by atoms with Crippen LogP contribution in [-0.4, -0.2) is 12.1 Å². The summed E-state index contributed by atoms with van der Waals surface area (Å²) in [5.41, 5.74) is 1.87. The number of halogens is 1. The quantitative estimate of drug-likeness (QED) is 0.874. The Balaban J connectivity index is 2.63. The molecule has 1 aromatic carbocycles. The third-order valence-electron chi connectivity index (χ3n) is 2.43. The number of nitrogens with one attached hydrogen (secondary N) is 2. The van der Waals surface area contributed by atoms with Crippen LogP contribution in [0.3, 0.4) is 0 Å². The molecule has 2 N–H and O–H groups in total. The number of anilines is 1. The summed E-state index contributed by atoms with van der Waals surface area (Å²) in [5, 5.41) is 5.69. The predicted octanol–water partition coefficient (Wildman–Crippen LogP) is 3.68. The van der Waals surface area contributed by atoms with Crippen molar-refractivity contribution < 1.29 is 4.79 Å². The molecular weight excluding hydrogens is 268 g/mol. The van der Waals surface area contributed by atoms with Crippen molar-refractivity contribution in [3.8, 4) is 0 Å². The molecule has 0 aromatic heterocycles. The number of carbonyl (C=O) groups excluding carboxylic acids is 1. The summed E-state index contributed by atoms with van der Waals surface area (Å²) in [6.45, 7) is 5.98. The number of benzene rings is 1. The molecule has 0 spiro atoms. The zero-order valence-electron chi connectivity index (χ0n) is 9.80. The van der Waals surface area contributed by atoms with Gasteiger partial charge in [-0.1, -0.05) is 22.9 Å². The summed E-state index contributed by atoms with van der Waals surface area (Å²) in [6, 6.07) is 5.80. The van der Waals surface area contributed by atoms with Crippen LogP contribution in [0.1, 0.15) is 25.8 Å². The Hall–Kier alpha value is -1.03. The second kappa shape index (κ2) is 5.89. The fraction of sp³-hybridized carbons (Fsp3) is 0.417. The molecule has 0 aliphatic carbocycles. The molecule has 0 heterocycles. The Morgan fingerprint density at radius 3 is 2.75 bits per heavy atom. The van der Waals surface area contributed by atoms with E-state index in [1.165, 1.54) is 0 Å². The van der Waals surface area contributed by atoms with Gasteiger partial charge in [0.1, 0.15) is 0 Å². The van der Waals surface area contributed by atoms with E-state index in [1.807, 2.05) is 39.0 Å². The standard InChI is InChI=1S/C12H17BrN2O/c1-4-9(3)14-12(16)15-11-6-5-10(13)7-8(11)2/h5-7,9H,4H2,1-3H3,(H2,14,15,16)/t9-/m0/s1. The average Bonchev–Trinajstić information content (AvgIpc) is 2.22. The molecule has 2 amide bonds. The predicted molar refractivity (Wildman–Crippen MR) is 70.8 cm³/mol. The molecule has 0 aliphatic rings. The number of hydrogen-bond donors (Lipinski definition) is 2. The highest BCUT2D eigenvalue weighted by Gasteiger charge is 2.06. The molecule has 1 atom stereocenters. The molecule has 0 radical (unpaired) electrons. The highest BCUT2D eigenvalue weighted by molar-refractivity contribution is 9.10. The largest absolute Gasteiger partial charge is 0.335 e. The van der Waals surface area contributed by atoms with Crippen molar-refractivity contribution in [2.24, 2.45) is 0 Å². The van der Waals surface area contributed by atoms with Crippen LogP contribution in [-0.2, 0) is 0 Å². The van der Waals surface area contributed by atoms with Gasteiger partial charge >= 0.3 is 6.03 Å². The van der Waals surface area contributed by atoms with E-state index < -0.39 is 0 Å². The summed E-state index contributed by atoms with van der Waals surface area (Å²) in [7, 11) is 0. The molecule has 1 rings (SSSR count). The van der Waals surface area contributed by atoms with Gasteiger partial charge in [-0.05, 0) is 44.0 Å². The van der Waals surface area contributed by atoms with Gasteiger partial charge in [0.25, 0.3) is 0 Å². The van der Waals surface area contributed by atoms with Crippen molar-refractivity contribution in [2.45, 2.75) is 33.2 Å². The first kappa shape index (κ1) is 13.0. The topological polar surface area (TPSA) is 41.1 Å². The zero-order chi connectivity index (χ0) is 12.1. The Morgan fingerprint density at radius 1 is 1.50 bits per heavy atom. The van der Waals surface area contributed by atoms with Crippen molar-refractivity contribution in [1.82, 2.24) is 5.32 Å². The van der Waals surface area contributed by atoms with Crippen molar-refractivity contribution in [1.29, 1.82) is 0 Å². The molecule has 1 aromatic rings. The van der Waals surface area contributed by atoms with Crippen LogP contribution in [0, 0.1) is 6.92 Å². The van der Waals surface area contributed by atoms with Gasteiger partial charge in [0.05, 0.1) is 0 Å². The molecule has 0 bridgehead atoms. The minimum absolute atomic E-state index is 0.153. The SMILES string of the molecule is CC[C@H](C)NC(=O)Nc1ccc(Br)cc1C. The first-order valence-electron chi connectivity index (χ1n) is 5.36. The number of rotatable bonds is 3. The molecule has 0 saturated heterocycles. The minimum Gasteiger partial charge on any atom is -0.335 e. The molecule has 16 heavy (non-hydrogen) atoms. The first-order chi connectivity index (χ1) is 7.52. The van der Waals surface area contributed by atoms with Gasteiger partial charge in [0.15, 0.2) is 0 Å². The summed E-state index contributed by atoms with van der Waals surface area (Å²) >= 11 is 3.39. The van der Waals surface area contributed by atoms with Gasteiger partial charge in [-0.25, -0.2) is 4.79 Å². The van der Waals surface area contributed by atoms with Crippen molar-refractivity contribution >= 4 is 27.6 Å². The second-order valence-corrected chi connectivity index (χ2v) is 4.78.